The zero-order valence-electron chi connectivity index (χ0n) is 17.4. The van der Waals surface area contributed by atoms with E-state index >= 15 is 0 Å². The summed E-state index contributed by atoms with van der Waals surface area (Å²) in [4.78, 5) is 24.8. The second-order valence-corrected chi connectivity index (χ2v) is 7.11. The molecule has 0 atom stereocenters. The van der Waals surface area contributed by atoms with E-state index in [4.69, 9.17) is 6.42 Å². The van der Waals surface area contributed by atoms with Crippen molar-refractivity contribution >= 4 is 23.3 Å². The summed E-state index contributed by atoms with van der Waals surface area (Å²) in [5.41, 5.74) is 4.05. The SMILES string of the molecule is C#Cc1ccc(C(=O)Nc2ccc(-c3cc(NC(=O)c4ccccc4)n(C)n3)cc2)cc1. The van der Waals surface area contributed by atoms with Gasteiger partial charge >= 0.3 is 0 Å². The Kier molecular flexibility index (Phi) is 5.82. The highest BCUT2D eigenvalue weighted by Crippen LogP contribution is 2.24. The molecule has 6 nitrogen and oxygen atoms in total. The number of aryl methyl sites for hydroxylation is 1. The van der Waals surface area contributed by atoms with Crippen LogP contribution in [0.2, 0.25) is 0 Å². The van der Waals surface area contributed by atoms with Crippen LogP contribution in [0.1, 0.15) is 26.3 Å². The first kappa shape index (κ1) is 20.6. The predicted molar refractivity (Wildman–Crippen MR) is 125 cm³/mol. The third kappa shape index (κ3) is 4.58. The molecule has 1 heterocycles. The van der Waals surface area contributed by atoms with Gasteiger partial charge in [-0.1, -0.05) is 36.3 Å². The number of benzene rings is 3. The van der Waals surface area contributed by atoms with E-state index in [0.717, 1.165) is 11.1 Å². The maximum Gasteiger partial charge on any atom is 0.256 e. The van der Waals surface area contributed by atoms with Crippen LogP contribution in [0.3, 0.4) is 0 Å². The molecule has 2 N–H and O–H groups in total. The molecule has 156 valence electrons. The number of carbonyl (C=O) groups is 2. The van der Waals surface area contributed by atoms with Gasteiger partial charge < -0.3 is 10.6 Å². The van der Waals surface area contributed by atoms with E-state index in [1.165, 1.54) is 0 Å². The molecule has 4 aromatic rings. The molecule has 0 saturated carbocycles. The van der Waals surface area contributed by atoms with Crippen molar-refractivity contribution in [3.8, 4) is 23.6 Å². The molecule has 1 aromatic heterocycles. The number of hydrogen-bond acceptors (Lipinski definition) is 3. The molecule has 6 heteroatoms. The molecular weight excluding hydrogens is 400 g/mol. The van der Waals surface area contributed by atoms with Gasteiger partial charge in [0, 0.05) is 41.1 Å². The Labute approximate surface area is 185 Å². The van der Waals surface area contributed by atoms with E-state index in [1.807, 2.05) is 36.4 Å². The molecule has 0 bridgehead atoms. The number of rotatable bonds is 5. The van der Waals surface area contributed by atoms with Gasteiger partial charge in [-0.3, -0.25) is 14.3 Å². The molecule has 0 aliphatic carbocycles. The summed E-state index contributed by atoms with van der Waals surface area (Å²) in [6.45, 7) is 0. The highest BCUT2D eigenvalue weighted by Gasteiger charge is 2.12. The molecule has 0 aliphatic rings. The summed E-state index contributed by atoms with van der Waals surface area (Å²) >= 11 is 0. The normalized spacial score (nSPS) is 10.2. The van der Waals surface area contributed by atoms with Gasteiger partial charge in [0.15, 0.2) is 0 Å². The average Bonchev–Trinajstić information content (AvgIpc) is 3.20. The van der Waals surface area contributed by atoms with Crippen molar-refractivity contribution in [1.29, 1.82) is 0 Å². The summed E-state index contributed by atoms with van der Waals surface area (Å²) in [5.74, 6) is 2.69. The monoisotopic (exact) mass is 420 g/mol. The first-order chi connectivity index (χ1) is 15.5. The lowest BCUT2D eigenvalue weighted by atomic mass is 10.1. The number of anilines is 2. The predicted octanol–water partition coefficient (Wildman–Crippen LogP) is 4.57. The van der Waals surface area contributed by atoms with Crippen molar-refractivity contribution in [2.24, 2.45) is 7.05 Å². The van der Waals surface area contributed by atoms with Crippen LogP contribution in [0, 0.1) is 12.3 Å². The maximum atomic E-state index is 12.4. The van der Waals surface area contributed by atoms with Crippen LogP contribution in [-0.2, 0) is 7.05 Å². The molecule has 0 unspecified atom stereocenters. The molecular formula is C26H20N4O2. The topological polar surface area (TPSA) is 76.0 Å². The fraction of sp³-hybridized carbons (Fsp3) is 0.0385. The Morgan fingerprint density at radius 1 is 0.844 bits per heavy atom. The van der Waals surface area contributed by atoms with E-state index in [1.54, 1.807) is 60.3 Å². The molecule has 32 heavy (non-hydrogen) atoms. The van der Waals surface area contributed by atoms with Gasteiger partial charge in [0.1, 0.15) is 5.82 Å². The Bertz CT molecular complexity index is 1300. The minimum Gasteiger partial charge on any atom is -0.322 e. The van der Waals surface area contributed by atoms with E-state index < -0.39 is 0 Å². The fourth-order valence-corrected chi connectivity index (χ4v) is 3.15. The molecule has 2 amide bonds. The van der Waals surface area contributed by atoms with Gasteiger partial charge in [-0.2, -0.15) is 5.10 Å². The quantitative estimate of drug-likeness (QED) is 0.464. The molecule has 0 saturated heterocycles. The lowest BCUT2D eigenvalue weighted by Gasteiger charge is -2.06. The first-order valence-corrected chi connectivity index (χ1v) is 9.92. The number of nitrogens with one attached hydrogen (secondary N) is 2. The van der Waals surface area contributed by atoms with E-state index in [2.05, 4.69) is 21.7 Å². The highest BCUT2D eigenvalue weighted by molar-refractivity contribution is 6.05. The summed E-state index contributed by atoms with van der Waals surface area (Å²) in [7, 11) is 1.77. The Morgan fingerprint density at radius 3 is 2.12 bits per heavy atom. The highest BCUT2D eigenvalue weighted by atomic mass is 16.2. The van der Waals surface area contributed by atoms with Crippen LogP contribution in [-0.4, -0.2) is 21.6 Å². The molecule has 4 rings (SSSR count). The number of amides is 2. The molecule has 0 aliphatic heterocycles. The van der Waals surface area contributed by atoms with Crippen molar-refractivity contribution in [3.63, 3.8) is 0 Å². The molecule has 3 aromatic carbocycles. The fourth-order valence-electron chi connectivity index (χ4n) is 3.15. The standard InChI is InChI=1S/C26H20N4O2/c1-3-18-9-11-21(12-10-18)25(31)27-22-15-13-19(14-16-22)23-17-24(30(2)29-23)28-26(32)20-7-5-4-6-8-20/h1,4-17H,2H3,(H,27,31)(H,28,32). The second-order valence-electron chi connectivity index (χ2n) is 7.11. The number of hydrogen-bond donors (Lipinski definition) is 2. The summed E-state index contributed by atoms with van der Waals surface area (Å²) in [5, 5.41) is 10.2. The van der Waals surface area contributed by atoms with Gasteiger partial charge in [0.25, 0.3) is 11.8 Å². The van der Waals surface area contributed by atoms with Gasteiger partial charge in [-0.05, 0) is 48.5 Å². The van der Waals surface area contributed by atoms with Gasteiger partial charge in [0.2, 0.25) is 0 Å². The van der Waals surface area contributed by atoms with Crippen LogP contribution in [0.25, 0.3) is 11.3 Å². The van der Waals surface area contributed by atoms with Crippen molar-refractivity contribution in [1.82, 2.24) is 9.78 Å². The average molecular weight is 420 g/mol. The number of aromatic nitrogens is 2. The van der Waals surface area contributed by atoms with Crippen molar-refractivity contribution < 1.29 is 9.59 Å². The minimum atomic E-state index is -0.218. The number of carbonyl (C=O) groups excluding carboxylic acids is 2. The second kappa shape index (κ2) is 9.02. The van der Waals surface area contributed by atoms with Crippen molar-refractivity contribution in [2.75, 3.05) is 10.6 Å². The maximum absolute atomic E-state index is 12.4. The smallest absolute Gasteiger partial charge is 0.256 e. The van der Waals surface area contributed by atoms with Crippen LogP contribution in [0.4, 0.5) is 11.5 Å². The Morgan fingerprint density at radius 2 is 1.47 bits per heavy atom. The van der Waals surface area contributed by atoms with Crippen LogP contribution >= 0.6 is 0 Å². The van der Waals surface area contributed by atoms with Crippen LogP contribution in [0.15, 0.2) is 84.9 Å². The molecule has 0 fully saturated rings. The zero-order chi connectivity index (χ0) is 22.5. The lowest BCUT2D eigenvalue weighted by Crippen LogP contribution is -2.14. The molecule has 0 spiro atoms. The number of terminal acetylenes is 1. The third-order valence-corrected chi connectivity index (χ3v) is 4.91. The summed E-state index contributed by atoms with van der Waals surface area (Å²) in [6.07, 6.45) is 5.34. The molecule has 0 radical (unpaired) electrons. The van der Waals surface area contributed by atoms with Crippen molar-refractivity contribution in [2.45, 2.75) is 0 Å². The van der Waals surface area contributed by atoms with Gasteiger partial charge in [-0.15, -0.1) is 6.42 Å². The Balaban J connectivity index is 1.45. The Hall–Kier alpha value is -4.63. The van der Waals surface area contributed by atoms with Gasteiger partial charge in [0.05, 0.1) is 5.69 Å². The number of nitrogens with zero attached hydrogens (tertiary/aromatic N) is 2. The van der Waals surface area contributed by atoms with E-state index in [-0.39, 0.29) is 11.8 Å². The van der Waals surface area contributed by atoms with E-state index in [9.17, 15) is 9.59 Å². The zero-order valence-corrected chi connectivity index (χ0v) is 17.4. The lowest BCUT2D eigenvalue weighted by molar-refractivity contribution is 0.101. The van der Waals surface area contributed by atoms with E-state index in [0.29, 0.717) is 28.3 Å². The van der Waals surface area contributed by atoms with Gasteiger partial charge in [-0.25, -0.2) is 0 Å². The first-order valence-electron chi connectivity index (χ1n) is 9.92. The summed E-state index contributed by atoms with van der Waals surface area (Å²) in [6, 6.07) is 25.0. The summed E-state index contributed by atoms with van der Waals surface area (Å²) < 4.78 is 1.62. The largest absolute Gasteiger partial charge is 0.322 e. The van der Waals surface area contributed by atoms with Crippen LogP contribution in [0.5, 0.6) is 0 Å². The van der Waals surface area contributed by atoms with Crippen molar-refractivity contribution in [3.05, 3.63) is 102 Å². The van der Waals surface area contributed by atoms with Crippen LogP contribution < -0.4 is 10.6 Å². The third-order valence-electron chi connectivity index (χ3n) is 4.91. The minimum absolute atomic E-state index is 0.200.